The van der Waals surface area contributed by atoms with E-state index in [1.54, 1.807) is 30.5 Å². The molecule has 0 spiro atoms. The number of nitrogen functional groups attached to an aromatic ring is 1. The largest absolute Gasteiger partial charge is 0.477 e. The van der Waals surface area contributed by atoms with Gasteiger partial charge in [-0.05, 0) is 66.3 Å². The third kappa shape index (κ3) is 4.30. The lowest BCUT2D eigenvalue weighted by molar-refractivity contribution is 0.102. The van der Waals surface area contributed by atoms with Gasteiger partial charge in [-0.1, -0.05) is 24.3 Å². The molecule has 1 saturated carbocycles. The van der Waals surface area contributed by atoms with Gasteiger partial charge in [-0.15, -0.1) is 0 Å². The Morgan fingerprint density at radius 2 is 1.84 bits per heavy atom. The van der Waals surface area contributed by atoms with Crippen LogP contribution in [0.5, 0.6) is 5.88 Å². The van der Waals surface area contributed by atoms with Gasteiger partial charge in [-0.2, -0.15) is 4.98 Å². The number of carbonyl (C=O) groups is 1. The molecule has 7 heteroatoms. The van der Waals surface area contributed by atoms with Crippen LogP contribution in [0.1, 0.15) is 23.2 Å². The molecule has 5 rings (SSSR count). The highest BCUT2D eigenvalue weighted by molar-refractivity contribution is 6.04. The van der Waals surface area contributed by atoms with Crippen molar-refractivity contribution in [1.82, 2.24) is 15.0 Å². The third-order valence-electron chi connectivity index (χ3n) is 5.22. The first kappa shape index (κ1) is 19.0. The number of pyridine rings is 1. The van der Waals surface area contributed by atoms with Gasteiger partial charge in [-0.25, -0.2) is 9.97 Å². The molecule has 0 aliphatic heterocycles. The molecule has 1 amide bonds. The summed E-state index contributed by atoms with van der Waals surface area (Å²) in [4.78, 5) is 25.2. The molecule has 0 atom stereocenters. The van der Waals surface area contributed by atoms with Crippen LogP contribution in [0.4, 0.5) is 11.8 Å². The van der Waals surface area contributed by atoms with Gasteiger partial charge in [-0.3, -0.25) is 4.79 Å². The average molecular weight is 411 g/mol. The Labute approximate surface area is 179 Å². The second-order valence-electron chi connectivity index (χ2n) is 7.62. The standard InChI is InChI=1S/C24H21N5O2/c25-24-27-20-11-10-18(13-19(20)23(29-24)31-14-15-4-5-15)16-6-8-17(9-7-16)22(30)28-21-3-1-2-12-26-21/h1-3,6-13,15H,4-5,14H2,(H2,25,27,29)(H,26,28,30). The maximum absolute atomic E-state index is 12.4. The maximum atomic E-state index is 12.4. The number of carbonyl (C=O) groups excluding carboxylic acids is 1. The zero-order valence-corrected chi connectivity index (χ0v) is 16.8. The molecule has 1 aliphatic carbocycles. The number of nitrogens with one attached hydrogen (secondary N) is 1. The molecule has 0 unspecified atom stereocenters. The molecule has 2 aromatic heterocycles. The maximum Gasteiger partial charge on any atom is 0.256 e. The molecule has 7 nitrogen and oxygen atoms in total. The number of aromatic nitrogens is 3. The van der Waals surface area contributed by atoms with Gasteiger partial charge >= 0.3 is 0 Å². The van der Waals surface area contributed by atoms with Crippen molar-refractivity contribution in [3.05, 3.63) is 72.4 Å². The normalized spacial score (nSPS) is 13.2. The van der Waals surface area contributed by atoms with Gasteiger partial charge in [0.15, 0.2) is 0 Å². The summed E-state index contributed by atoms with van der Waals surface area (Å²) in [7, 11) is 0. The highest BCUT2D eigenvalue weighted by Crippen LogP contribution is 2.33. The van der Waals surface area contributed by atoms with E-state index in [4.69, 9.17) is 10.5 Å². The van der Waals surface area contributed by atoms with E-state index < -0.39 is 0 Å². The highest BCUT2D eigenvalue weighted by atomic mass is 16.5. The second kappa shape index (κ2) is 8.02. The zero-order valence-electron chi connectivity index (χ0n) is 16.8. The van der Waals surface area contributed by atoms with Gasteiger partial charge in [0.05, 0.1) is 17.5 Å². The van der Waals surface area contributed by atoms with E-state index in [0.717, 1.165) is 22.0 Å². The monoisotopic (exact) mass is 411 g/mol. The smallest absolute Gasteiger partial charge is 0.256 e. The predicted octanol–water partition coefficient (Wildman–Crippen LogP) is 4.32. The molecule has 0 radical (unpaired) electrons. The topological polar surface area (TPSA) is 103 Å². The van der Waals surface area contributed by atoms with Crippen molar-refractivity contribution >= 4 is 28.6 Å². The van der Waals surface area contributed by atoms with Crippen molar-refractivity contribution in [2.45, 2.75) is 12.8 Å². The molecular formula is C24H21N5O2. The van der Waals surface area contributed by atoms with Gasteiger partial charge in [0.25, 0.3) is 5.91 Å². The average Bonchev–Trinajstić information content (AvgIpc) is 3.62. The van der Waals surface area contributed by atoms with Crippen LogP contribution in [-0.2, 0) is 0 Å². The number of hydrogen-bond donors (Lipinski definition) is 2. The van der Waals surface area contributed by atoms with Crippen LogP contribution in [0.15, 0.2) is 66.9 Å². The molecule has 1 aliphatic rings. The second-order valence-corrected chi connectivity index (χ2v) is 7.62. The van der Waals surface area contributed by atoms with Crippen molar-refractivity contribution in [2.24, 2.45) is 5.92 Å². The number of nitrogens with zero attached hydrogens (tertiary/aromatic N) is 3. The number of benzene rings is 2. The number of ether oxygens (including phenoxy) is 1. The number of nitrogens with two attached hydrogens (primary N) is 1. The molecule has 4 aromatic rings. The molecule has 2 aromatic carbocycles. The first-order valence-electron chi connectivity index (χ1n) is 10.2. The van der Waals surface area contributed by atoms with E-state index in [-0.39, 0.29) is 11.9 Å². The summed E-state index contributed by atoms with van der Waals surface area (Å²) in [5.41, 5.74) is 9.10. The lowest BCUT2D eigenvalue weighted by Gasteiger charge is -2.10. The molecule has 3 N–H and O–H groups in total. The van der Waals surface area contributed by atoms with E-state index >= 15 is 0 Å². The Morgan fingerprint density at radius 3 is 2.58 bits per heavy atom. The minimum absolute atomic E-state index is 0.203. The number of amides is 1. The Kier molecular flexibility index (Phi) is 4.92. The van der Waals surface area contributed by atoms with Crippen molar-refractivity contribution in [3.63, 3.8) is 0 Å². The number of rotatable bonds is 6. The Hall–Kier alpha value is -4.00. The Balaban J connectivity index is 1.40. The minimum atomic E-state index is -0.205. The van der Waals surface area contributed by atoms with Crippen LogP contribution in [0.3, 0.4) is 0 Å². The van der Waals surface area contributed by atoms with Gasteiger partial charge < -0.3 is 15.8 Å². The van der Waals surface area contributed by atoms with Crippen LogP contribution < -0.4 is 15.8 Å². The molecular weight excluding hydrogens is 390 g/mol. The molecule has 0 saturated heterocycles. The first-order chi connectivity index (χ1) is 15.2. The van der Waals surface area contributed by atoms with Crippen LogP contribution in [-0.4, -0.2) is 27.5 Å². The summed E-state index contributed by atoms with van der Waals surface area (Å²) < 4.78 is 5.93. The minimum Gasteiger partial charge on any atom is -0.477 e. The van der Waals surface area contributed by atoms with Crippen LogP contribution in [0.25, 0.3) is 22.0 Å². The van der Waals surface area contributed by atoms with E-state index in [1.165, 1.54) is 12.8 Å². The summed E-state index contributed by atoms with van der Waals surface area (Å²) in [6.07, 6.45) is 4.03. The Bertz CT molecular complexity index is 1240. The lowest BCUT2D eigenvalue weighted by atomic mass is 10.0. The summed E-state index contributed by atoms with van der Waals surface area (Å²) >= 11 is 0. The fourth-order valence-electron chi connectivity index (χ4n) is 3.33. The molecule has 154 valence electrons. The molecule has 1 fully saturated rings. The molecule has 31 heavy (non-hydrogen) atoms. The van der Waals surface area contributed by atoms with Crippen molar-refractivity contribution in [2.75, 3.05) is 17.7 Å². The fraction of sp³-hybridized carbons (Fsp3) is 0.167. The SMILES string of the molecule is Nc1nc(OCC2CC2)c2cc(-c3ccc(C(=O)Nc4ccccn4)cc3)ccc2n1. The fourth-order valence-corrected chi connectivity index (χ4v) is 3.33. The van der Waals surface area contributed by atoms with Gasteiger partial charge in [0.1, 0.15) is 5.82 Å². The lowest BCUT2D eigenvalue weighted by Crippen LogP contribution is -2.12. The van der Waals surface area contributed by atoms with Crippen molar-refractivity contribution in [1.29, 1.82) is 0 Å². The van der Waals surface area contributed by atoms with Gasteiger partial charge in [0.2, 0.25) is 11.8 Å². The van der Waals surface area contributed by atoms with E-state index in [0.29, 0.717) is 29.8 Å². The quantitative estimate of drug-likeness (QED) is 0.490. The van der Waals surface area contributed by atoms with E-state index in [1.807, 2.05) is 36.4 Å². The van der Waals surface area contributed by atoms with E-state index in [2.05, 4.69) is 20.3 Å². The van der Waals surface area contributed by atoms with Crippen LogP contribution >= 0.6 is 0 Å². The molecule has 0 bridgehead atoms. The highest BCUT2D eigenvalue weighted by Gasteiger charge is 2.23. The van der Waals surface area contributed by atoms with Crippen LogP contribution in [0, 0.1) is 5.92 Å². The van der Waals surface area contributed by atoms with E-state index in [9.17, 15) is 4.79 Å². The number of anilines is 2. The molecule has 2 heterocycles. The summed E-state index contributed by atoms with van der Waals surface area (Å²) in [6, 6.07) is 18.7. The third-order valence-corrected chi connectivity index (χ3v) is 5.22. The summed E-state index contributed by atoms with van der Waals surface area (Å²) in [6.45, 7) is 0.649. The number of fused-ring (bicyclic) bond motifs is 1. The van der Waals surface area contributed by atoms with Crippen molar-refractivity contribution < 1.29 is 9.53 Å². The zero-order chi connectivity index (χ0) is 21.2. The number of hydrogen-bond acceptors (Lipinski definition) is 6. The summed E-state index contributed by atoms with van der Waals surface area (Å²) in [5, 5.41) is 3.61. The predicted molar refractivity (Wildman–Crippen MR) is 120 cm³/mol. The first-order valence-corrected chi connectivity index (χ1v) is 10.2. The van der Waals surface area contributed by atoms with Crippen molar-refractivity contribution in [3.8, 4) is 17.0 Å². The Morgan fingerprint density at radius 1 is 1.03 bits per heavy atom. The van der Waals surface area contributed by atoms with Crippen LogP contribution in [0.2, 0.25) is 0 Å². The summed E-state index contributed by atoms with van der Waals surface area (Å²) in [5.74, 6) is 1.64. The van der Waals surface area contributed by atoms with Gasteiger partial charge in [0, 0.05) is 11.8 Å².